The summed E-state index contributed by atoms with van der Waals surface area (Å²) >= 11 is 0. The first kappa shape index (κ1) is 23.9. The molecule has 174 valence electrons. The number of sulfonamides is 1. The summed E-state index contributed by atoms with van der Waals surface area (Å²) in [5.74, 6) is -0.257. The highest BCUT2D eigenvalue weighted by molar-refractivity contribution is 7.89. The van der Waals surface area contributed by atoms with Crippen molar-refractivity contribution in [3.05, 3.63) is 53.6 Å². The number of benzene rings is 2. The average Bonchev–Trinajstić information content (AvgIpc) is 2.75. The van der Waals surface area contributed by atoms with E-state index in [1.165, 1.54) is 30.3 Å². The van der Waals surface area contributed by atoms with E-state index in [-0.39, 0.29) is 11.4 Å². The molecule has 0 aromatic heterocycles. The highest BCUT2D eigenvalue weighted by Crippen LogP contribution is 2.32. The van der Waals surface area contributed by atoms with Crippen LogP contribution in [0.3, 0.4) is 0 Å². The van der Waals surface area contributed by atoms with Crippen LogP contribution in [0.1, 0.15) is 25.0 Å². The van der Waals surface area contributed by atoms with Gasteiger partial charge >= 0.3 is 6.18 Å². The average molecular weight is 472 g/mol. The van der Waals surface area contributed by atoms with E-state index in [0.717, 1.165) is 12.1 Å². The van der Waals surface area contributed by atoms with Crippen LogP contribution in [-0.2, 0) is 27.5 Å². The molecule has 7 nitrogen and oxygen atoms in total. The van der Waals surface area contributed by atoms with Crippen molar-refractivity contribution in [3.8, 4) is 11.5 Å². The van der Waals surface area contributed by atoms with Gasteiger partial charge in [0.25, 0.3) is 0 Å². The molecule has 1 aliphatic rings. The lowest BCUT2D eigenvalue weighted by molar-refractivity contribution is -0.137. The summed E-state index contributed by atoms with van der Waals surface area (Å²) in [7, 11) is -4.06. The van der Waals surface area contributed by atoms with Gasteiger partial charge in [-0.1, -0.05) is 26.0 Å². The zero-order valence-electron chi connectivity index (χ0n) is 17.4. The summed E-state index contributed by atoms with van der Waals surface area (Å²) in [5.41, 5.74) is -0.344. The largest absolute Gasteiger partial charge is 0.486 e. The van der Waals surface area contributed by atoms with Gasteiger partial charge in [0.2, 0.25) is 15.9 Å². The van der Waals surface area contributed by atoms with Gasteiger partial charge in [0.1, 0.15) is 19.3 Å². The molecule has 1 atom stereocenters. The summed E-state index contributed by atoms with van der Waals surface area (Å²) in [4.78, 5) is 12.6. The zero-order chi connectivity index (χ0) is 23.5. The van der Waals surface area contributed by atoms with E-state index in [2.05, 4.69) is 10.0 Å². The predicted octanol–water partition coefficient (Wildman–Crippen LogP) is 3.10. The van der Waals surface area contributed by atoms with Crippen molar-refractivity contribution < 1.29 is 35.9 Å². The Morgan fingerprint density at radius 1 is 1.03 bits per heavy atom. The summed E-state index contributed by atoms with van der Waals surface area (Å²) < 4.78 is 76.9. The number of hydrogen-bond donors (Lipinski definition) is 2. The maximum absolute atomic E-state index is 12.8. The Balaban J connectivity index is 1.68. The van der Waals surface area contributed by atoms with Crippen molar-refractivity contribution in [2.75, 3.05) is 13.2 Å². The molecule has 3 rings (SSSR count). The minimum absolute atomic E-state index is 0.0497. The molecule has 0 spiro atoms. The van der Waals surface area contributed by atoms with Gasteiger partial charge < -0.3 is 14.8 Å². The fourth-order valence-corrected chi connectivity index (χ4v) is 4.39. The van der Waals surface area contributed by atoms with Crippen molar-refractivity contribution in [3.63, 3.8) is 0 Å². The fourth-order valence-electron chi connectivity index (χ4n) is 3.03. The van der Waals surface area contributed by atoms with Crippen molar-refractivity contribution in [1.82, 2.24) is 10.0 Å². The van der Waals surface area contributed by atoms with Crippen LogP contribution in [0, 0.1) is 5.92 Å². The molecule has 0 aliphatic carbocycles. The molecular formula is C21H23F3N2O5S. The number of alkyl halides is 3. The third-order valence-corrected chi connectivity index (χ3v) is 6.24. The highest BCUT2D eigenvalue weighted by Gasteiger charge is 2.31. The van der Waals surface area contributed by atoms with Gasteiger partial charge in [0.05, 0.1) is 10.5 Å². The minimum atomic E-state index is -4.45. The second-order valence-electron chi connectivity index (χ2n) is 7.56. The van der Waals surface area contributed by atoms with Crippen LogP contribution in [0.5, 0.6) is 11.5 Å². The molecule has 0 saturated carbocycles. The summed E-state index contributed by atoms with van der Waals surface area (Å²) in [5, 5.41) is 2.57. The Hall–Kier alpha value is -2.79. The first-order valence-corrected chi connectivity index (χ1v) is 11.3. The van der Waals surface area contributed by atoms with E-state index in [9.17, 15) is 26.4 Å². The van der Waals surface area contributed by atoms with Crippen LogP contribution in [0.4, 0.5) is 13.2 Å². The number of carbonyl (C=O) groups excluding carboxylic acids is 1. The second-order valence-corrected chi connectivity index (χ2v) is 9.27. The third-order valence-electron chi connectivity index (χ3n) is 4.80. The zero-order valence-corrected chi connectivity index (χ0v) is 18.2. The van der Waals surface area contributed by atoms with Crippen LogP contribution in [0.25, 0.3) is 0 Å². The van der Waals surface area contributed by atoms with Crippen molar-refractivity contribution in [2.45, 2.75) is 37.5 Å². The molecule has 0 fully saturated rings. The summed E-state index contributed by atoms with van der Waals surface area (Å²) in [6.07, 6.45) is -4.45. The number of carbonyl (C=O) groups is 1. The van der Waals surface area contributed by atoms with Gasteiger partial charge in [0.15, 0.2) is 11.5 Å². The molecule has 32 heavy (non-hydrogen) atoms. The Morgan fingerprint density at radius 3 is 2.25 bits per heavy atom. The van der Waals surface area contributed by atoms with Gasteiger partial charge in [-0.15, -0.1) is 0 Å². The normalized spacial score (nSPS) is 14.8. The van der Waals surface area contributed by atoms with E-state index < -0.39 is 39.6 Å². The van der Waals surface area contributed by atoms with Gasteiger partial charge in [-0.2, -0.15) is 17.9 Å². The van der Waals surface area contributed by atoms with Crippen molar-refractivity contribution in [1.29, 1.82) is 0 Å². The van der Waals surface area contributed by atoms with E-state index in [1.807, 2.05) is 0 Å². The molecule has 0 bridgehead atoms. The van der Waals surface area contributed by atoms with Gasteiger partial charge in [0, 0.05) is 12.6 Å². The first-order valence-electron chi connectivity index (χ1n) is 9.83. The molecule has 0 saturated heterocycles. The molecule has 2 N–H and O–H groups in total. The first-order chi connectivity index (χ1) is 15.0. The number of ether oxygens (including phenoxy) is 2. The lowest BCUT2D eigenvalue weighted by Gasteiger charge is -2.23. The molecular weight excluding hydrogens is 449 g/mol. The van der Waals surface area contributed by atoms with Gasteiger partial charge in [-0.3, -0.25) is 4.79 Å². The van der Waals surface area contributed by atoms with E-state index in [4.69, 9.17) is 9.47 Å². The maximum atomic E-state index is 12.8. The van der Waals surface area contributed by atoms with Crippen LogP contribution < -0.4 is 19.5 Å². The minimum Gasteiger partial charge on any atom is -0.486 e. The van der Waals surface area contributed by atoms with Crippen molar-refractivity contribution in [2.24, 2.45) is 5.92 Å². The Bertz CT molecular complexity index is 1070. The molecule has 11 heteroatoms. The summed E-state index contributed by atoms with van der Waals surface area (Å²) in [6, 6.07) is 7.43. The maximum Gasteiger partial charge on any atom is 0.416 e. The number of halogens is 3. The van der Waals surface area contributed by atoms with Crippen LogP contribution in [0.15, 0.2) is 47.4 Å². The smallest absolute Gasteiger partial charge is 0.416 e. The third kappa shape index (κ3) is 5.71. The second kappa shape index (κ2) is 9.37. The Morgan fingerprint density at radius 2 is 1.66 bits per heavy atom. The van der Waals surface area contributed by atoms with Gasteiger partial charge in [-0.05, 0) is 35.7 Å². The van der Waals surface area contributed by atoms with Gasteiger partial charge in [-0.25, -0.2) is 8.42 Å². The lowest BCUT2D eigenvalue weighted by Crippen LogP contribution is -2.49. The molecule has 0 unspecified atom stereocenters. The van der Waals surface area contributed by atoms with Crippen molar-refractivity contribution >= 4 is 15.9 Å². The molecule has 2 aromatic rings. The number of amides is 1. The molecule has 0 radical (unpaired) electrons. The lowest BCUT2D eigenvalue weighted by atomic mass is 10.0. The molecule has 2 aromatic carbocycles. The monoisotopic (exact) mass is 472 g/mol. The standard InChI is InChI=1S/C21H23F3N2O5S/c1-13(2)19(20(27)25-12-14-3-5-15(6-4-14)21(22,23)24)26-32(28,29)16-7-8-17-18(11-16)31-10-9-30-17/h3-8,11,13,19,26H,9-10,12H2,1-2H3,(H,25,27)/t19-/m0/s1. The predicted molar refractivity (Wildman–Crippen MR) is 110 cm³/mol. The van der Waals surface area contributed by atoms with E-state index in [0.29, 0.717) is 30.3 Å². The Labute approximate surface area is 184 Å². The number of fused-ring (bicyclic) bond motifs is 1. The SMILES string of the molecule is CC(C)[C@H](NS(=O)(=O)c1ccc2c(c1)OCCO2)C(=O)NCc1ccc(C(F)(F)F)cc1. The highest BCUT2D eigenvalue weighted by atomic mass is 32.2. The van der Waals surface area contributed by atoms with Crippen LogP contribution in [-0.4, -0.2) is 33.6 Å². The van der Waals surface area contributed by atoms with Crippen LogP contribution >= 0.6 is 0 Å². The number of nitrogens with one attached hydrogen (secondary N) is 2. The quantitative estimate of drug-likeness (QED) is 0.646. The Kier molecular flexibility index (Phi) is 6.99. The molecule has 1 aliphatic heterocycles. The number of hydrogen-bond acceptors (Lipinski definition) is 5. The number of rotatable bonds is 7. The molecule has 1 amide bonds. The molecule has 1 heterocycles. The topological polar surface area (TPSA) is 93.7 Å². The van der Waals surface area contributed by atoms with Crippen LogP contribution in [0.2, 0.25) is 0 Å². The van der Waals surface area contributed by atoms with E-state index >= 15 is 0 Å². The summed E-state index contributed by atoms with van der Waals surface area (Å²) in [6.45, 7) is 3.96. The fraction of sp³-hybridized carbons (Fsp3) is 0.381. The van der Waals surface area contributed by atoms with E-state index in [1.54, 1.807) is 13.8 Å².